The molecule has 29 heavy (non-hydrogen) atoms. The lowest BCUT2D eigenvalue weighted by Gasteiger charge is -2.45. The van der Waals surface area contributed by atoms with Crippen molar-refractivity contribution in [2.75, 3.05) is 0 Å². The Kier molecular flexibility index (Phi) is 6.84. The number of carbonyl (C=O) groups excluding carboxylic acids is 1. The summed E-state index contributed by atoms with van der Waals surface area (Å²) in [6, 6.07) is 13.1. The summed E-state index contributed by atoms with van der Waals surface area (Å²) in [6.07, 6.45) is 1.06. The Balaban J connectivity index is 0.00000117. The van der Waals surface area contributed by atoms with Gasteiger partial charge in [-0.05, 0) is 67.0 Å². The Hall–Kier alpha value is -1.26. The van der Waals surface area contributed by atoms with Gasteiger partial charge in [0.05, 0.1) is 0 Å². The Labute approximate surface area is 187 Å². The van der Waals surface area contributed by atoms with Gasteiger partial charge < -0.3 is 10.4 Å². The van der Waals surface area contributed by atoms with Crippen LogP contribution >= 0.6 is 34.8 Å². The predicted molar refractivity (Wildman–Crippen MR) is 120 cm³/mol. The summed E-state index contributed by atoms with van der Waals surface area (Å²) >= 11 is 18.7. The first kappa shape index (κ1) is 22.4. The van der Waals surface area contributed by atoms with E-state index < -0.39 is 5.60 Å². The van der Waals surface area contributed by atoms with E-state index >= 15 is 0 Å². The van der Waals surface area contributed by atoms with E-state index in [4.69, 9.17) is 34.8 Å². The van der Waals surface area contributed by atoms with E-state index in [1.54, 1.807) is 6.07 Å². The highest BCUT2D eigenvalue weighted by Gasteiger charge is 2.59. The van der Waals surface area contributed by atoms with Gasteiger partial charge in [0.1, 0.15) is 5.60 Å². The van der Waals surface area contributed by atoms with Crippen LogP contribution in [0.2, 0.25) is 15.1 Å². The van der Waals surface area contributed by atoms with Crippen molar-refractivity contribution in [3.05, 3.63) is 68.7 Å². The lowest BCUT2D eigenvalue weighted by atomic mass is 9.60. The van der Waals surface area contributed by atoms with E-state index in [1.807, 2.05) is 57.2 Å². The molecular formula is C23H26Cl3NO2. The molecule has 5 unspecified atom stereocenters. The number of aliphatic hydroxyl groups is 1. The fourth-order valence-electron chi connectivity index (χ4n) is 4.96. The molecule has 2 N–H and O–H groups in total. The van der Waals surface area contributed by atoms with Crippen molar-refractivity contribution in [1.29, 1.82) is 0 Å². The SMILES string of the molecule is CC.CC1NC(=O)C2(O)CCC(c3ccc(Cl)cc3Cl)C(c3ccc(Cl)cc3)C12. The van der Waals surface area contributed by atoms with Gasteiger partial charge in [0.2, 0.25) is 0 Å². The highest BCUT2D eigenvalue weighted by Crippen LogP contribution is 2.55. The lowest BCUT2D eigenvalue weighted by Crippen LogP contribution is -2.49. The van der Waals surface area contributed by atoms with Crippen LogP contribution in [0.1, 0.15) is 56.6 Å². The largest absolute Gasteiger partial charge is 0.380 e. The molecule has 1 amide bonds. The Morgan fingerprint density at radius 2 is 1.66 bits per heavy atom. The minimum absolute atomic E-state index is 0.0661. The van der Waals surface area contributed by atoms with Crippen LogP contribution in [0.15, 0.2) is 42.5 Å². The maximum atomic E-state index is 12.5. The summed E-state index contributed by atoms with van der Waals surface area (Å²) in [5.74, 6) is -0.540. The molecule has 0 aromatic heterocycles. The molecule has 2 aliphatic rings. The molecule has 2 fully saturated rings. The first-order chi connectivity index (χ1) is 13.8. The van der Waals surface area contributed by atoms with Crippen molar-refractivity contribution in [2.45, 2.75) is 57.1 Å². The van der Waals surface area contributed by atoms with Crippen molar-refractivity contribution < 1.29 is 9.90 Å². The fourth-order valence-corrected chi connectivity index (χ4v) is 5.63. The van der Waals surface area contributed by atoms with Crippen molar-refractivity contribution in [2.24, 2.45) is 5.92 Å². The van der Waals surface area contributed by atoms with Gasteiger partial charge in [0.15, 0.2) is 0 Å². The summed E-state index contributed by atoms with van der Waals surface area (Å²) in [5.41, 5.74) is 0.676. The average Bonchev–Trinajstić information content (AvgIpc) is 2.93. The van der Waals surface area contributed by atoms with Crippen molar-refractivity contribution in [3.63, 3.8) is 0 Å². The van der Waals surface area contributed by atoms with E-state index in [2.05, 4.69) is 5.32 Å². The van der Waals surface area contributed by atoms with Gasteiger partial charge in [-0.1, -0.05) is 66.8 Å². The highest BCUT2D eigenvalue weighted by molar-refractivity contribution is 6.35. The maximum Gasteiger partial charge on any atom is 0.252 e. The number of amides is 1. The Bertz CT molecular complexity index is 886. The van der Waals surface area contributed by atoms with Crippen LogP contribution in [0.4, 0.5) is 0 Å². The van der Waals surface area contributed by atoms with Crippen LogP contribution in [0.3, 0.4) is 0 Å². The second-order valence-corrected chi connectivity index (χ2v) is 8.88. The minimum Gasteiger partial charge on any atom is -0.380 e. The van der Waals surface area contributed by atoms with Crippen LogP contribution in [0.25, 0.3) is 0 Å². The standard InChI is InChI=1S/C21H20Cl3NO2.C2H6/c1-11-19-18(12-2-4-13(22)5-3-12)16(8-9-21(19,27)20(26)25-11)15-7-6-14(23)10-17(15)24;1-2/h2-7,10-11,16,18-19,27H,8-9H2,1H3,(H,25,26);1-2H3. The number of halogens is 3. The van der Waals surface area contributed by atoms with Crippen molar-refractivity contribution in [3.8, 4) is 0 Å². The van der Waals surface area contributed by atoms with E-state index in [9.17, 15) is 9.90 Å². The van der Waals surface area contributed by atoms with Crippen molar-refractivity contribution in [1.82, 2.24) is 5.32 Å². The van der Waals surface area contributed by atoms with Gasteiger partial charge >= 0.3 is 0 Å². The summed E-state index contributed by atoms with van der Waals surface area (Å²) in [7, 11) is 0. The van der Waals surface area contributed by atoms with Crippen LogP contribution < -0.4 is 5.32 Å². The molecule has 2 aromatic carbocycles. The summed E-state index contributed by atoms with van der Waals surface area (Å²) in [4.78, 5) is 12.5. The molecule has 4 rings (SSSR count). The topological polar surface area (TPSA) is 49.3 Å². The summed E-state index contributed by atoms with van der Waals surface area (Å²) in [5, 5.41) is 16.0. The first-order valence-corrected chi connectivity index (χ1v) is 11.2. The smallest absolute Gasteiger partial charge is 0.252 e. The molecule has 1 aliphatic carbocycles. The molecule has 0 radical (unpaired) electrons. The molecule has 1 aliphatic heterocycles. The molecule has 1 saturated heterocycles. The zero-order valence-electron chi connectivity index (χ0n) is 16.8. The highest BCUT2D eigenvalue weighted by atomic mass is 35.5. The quantitative estimate of drug-likeness (QED) is 0.567. The third-order valence-electron chi connectivity index (χ3n) is 6.12. The van der Waals surface area contributed by atoms with Gasteiger partial charge in [-0.25, -0.2) is 0 Å². The van der Waals surface area contributed by atoms with Gasteiger partial charge in [-0.3, -0.25) is 4.79 Å². The van der Waals surface area contributed by atoms with Crippen LogP contribution in [0, 0.1) is 5.92 Å². The third kappa shape index (κ3) is 4.03. The zero-order chi connectivity index (χ0) is 21.3. The first-order valence-electron chi connectivity index (χ1n) is 10.0. The molecule has 1 saturated carbocycles. The zero-order valence-corrected chi connectivity index (χ0v) is 19.0. The minimum atomic E-state index is -1.36. The van der Waals surface area contributed by atoms with Crippen molar-refractivity contribution >= 4 is 40.7 Å². The molecular weight excluding hydrogens is 429 g/mol. The van der Waals surface area contributed by atoms with E-state index in [0.29, 0.717) is 27.9 Å². The monoisotopic (exact) mass is 453 g/mol. The molecule has 0 spiro atoms. The van der Waals surface area contributed by atoms with Crippen LogP contribution in [-0.2, 0) is 4.79 Å². The Morgan fingerprint density at radius 1 is 1.03 bits per heavy atom. The second-order valence-electron chi connectivity index (χ2n) is 7.60. The number of nitrogens with one attached hydrogen (secondary N) is 1. The van der Waals surface area contributed by atoms with Gasteiger partial charge in [0, 0.05) is 27.0 Å². The second kappa shape index (κ2) is 8.85. The number of hydrogen-bond donors (Lipinski definition) is 2. The molecule has 156 valence electrons. The number of carbonyl (C=O) groups is 1. The van der Waals surface area contributed by atoms with Gasteiger partial charge in [-0.15, -0.1) is 0 Å². The molecule has 5 atom stereocenters. The van der Waals surface area contributed by atoms with E-state index in [1.165, 1.54) is 0 Å². The summed E-state index contributed by atoms with van der Waals surface area (Å²) < 4.78 is 0. The average molecular weight is 455 g/mol. The van der Waals surface area contributed by atoms with E-state index in [-0.39, 0.29) is 29.7 Å². The number of fused-ring (bicyclic) bond motifs is 1. The Morgan fingerprint density at radius 3 is 2.28 bits per heavy atom. The molecule has 0 bridgehead atoms. The maximum absolute atomic E-state index is 12.5. The van der Waals surface area contributed by atoms with Crippen LogP contribution in [-0.4, -0.2) is 22.7 Å². The molecule has 6 heteroatoms. The predicted octanol–water partition coefficient (Wildman–Crippen LogP) is 6.20. The van der Waals surface area contributed by atoms with Gasteiger partial charge in [0.25, 0.3) is 5.91 Å². The molecule has 2 aromatic rings. The molecule has 1 heterocycles. The molecule has 3 nitrogen and oxygen atoms in total. The lowest BCUT2D eigenvalue weighted by molar-refractivity contribution is -0.142. The third-order valence-corrected chi connectivity index (χ3v) is 6.93. The van der Waals surface area contributed by atoms with E-state index in [0.717, 1.165) is 11.1 Å². The summed E-state index contributed by atoms with van der Waals surface area (Å²) in [6.45, 7) is 5.95. The normalized spacial score (nSPS) is 30.8. The number of rotatable bonds is 2. The fraction of sp³-hybridized carbons (Fsp3) is 0.435. The van der Waals surface area contributed by atoms with Gasteiger partial charge in [-0.2, -0.15) is 0 Å². The van der Waals surface area contributed by atoms with Crippen LogP contribution in [0.5, 0.6) is 0 Å². The number of hydrogen-bond acceptors (Lipinski definition) is 2. The number of benzene rings is 2.